The zero-order valence-electron chi connectivity index (χ0n) is 12.7. The lowest BCUT2D eigenvalue weighted by atomic mass is 10.1. The highest BCUT2D eigenvalue weighted by Gasteiger charge is 2.34. The maximum atomic E-state index is 12.8. The minimum absolute atomic E-state index is 0.448. The van der Waals surface area contributed by atoms with Crippen molar-refractivity contribution >= 4 is 10.2 Å². The van der Waals surface area contributed by atoms with Crippen LogP contribution in [0.5, 0.6) is 0 Å². The predicted octanol–water partition coefficient (Wildman–Crippen LogP) is -0.178. The molecule has 3 heterocycles. The lowest BCUT2D eigenvalue weighted by Crippen LogP contribution is -2.52. The van der Waals surface area contributed by atoms with Gasteiger partial charge in [0.1, 0.15) is 0 Å². The van der Waals surface area contributed by atoms with E-state index in [4.69, 9.17) is 0 Å². The maximum Gasteiger partial charge on any atom is 0.282 e. The van der Waals surface area contributed by atoms with E-state index in [0.29, 0.717) is 26.2 Å². The zero-order valence-corrected chi connectivity index (χ0v) is 13.5. The molecule has 0 saturated carbocycles. The van der Waals surface area contributed by atoms with Crippen LogP contribution in [0.4, 0.5) is 0 Å². The molecule has 8 heteroatoms. The van der Waals surface area contributed by atoms with Crippen molar-refractivity contribution in [2.24, 2.45) is 0 Å². The average molecular weight is 313 g/mol. The number of hydrogen-bond acceptors (Lipinski definition) is 4. The third-order valence-electron chi connectivity index (χ3n) is 4.43. The van der Waals surface area contributed by atoms with Gasteiger partial charge >= 0.3 is 0 Å². The van der Waals surface area contributed by atoms with Crippen LogP contribution in [-0.4, -0.2) is 71.9 Å². The summed E-state index contributed by atoms with van der Waals surface area (Å²) in [5.41, 5.74) is 3.15. The normalized spacial score (nSPS) is 22.4. The Bertz CT molecular complexity index is 591. The smallest absolute Gasteiger partial charge is 0.282 e. The van der Waals surface area contributed by atoms with Gasteiger partial charge < -0.3 is 4.90 Å². The molecule has 2 aliphatic heterocycles. The van der Waals surface area contributed by atoms with E-state index >= 15 is 0 Å². The van der Waals surface area contributed by atoms with Crippen molar-refractivity contribution in [3.05, 3.63) is 17.0 Å². The summed E-state index contributed by atoms with van der Waals surface area (Å²) in [5.74, 6) is 0. The quantitative estimate of drug-likeness (QED) is 0.840. The molecule has 0 unspecified atom stereocenters. The molecule has 118 valence electrons. The Morgan fingerprint density at radius 2 is 1.86 bits per heavy atom. The first-order chi connectivity index (χ1) is 10.0. The van der Waals surface area contributed by atoms with Gasteiger partial charge in [0.25, 0.3) is 10.2 Å². The van der Waals surface area contributed by atoms with Crippen molar-refractivity contribution in [2.75, 3.05) is 39.8 Å². The Morgan fingerprint density at radius 1 is 1.14 bits per heavy atom. The van der Waals surface area contributed by atoms with Crippen LogP contribution in [0.1, 0.15) is 23.9 Å². The number of nitrogens with one attached hydrogen (secondary N) is 1. The molecule has 0 aliphatic carbocycles. The number of aryl methyl sites for hydroxylation is 1. The third kappa shape index (κ3) is 2.73. The molecule has 0 radical (unpaired) electrons. The van der Waals surface area contributed by atoms with Crippen molar-refractivity contribution in [1.82, 2.24) is 23.7 Å². The summed E-state index contributed by atoms with van der Waals surface area (Å²) < 4.78 is 28.8. The van der Waals surface area contributed by atoms with Crippen LogP contribution in [0.15, 0.2) is 0 Å². The summed E-state index contributed by atoms with van der Waals surface area (Å²) in [6.45, 7) is 5.78. The SMILES string of the molecule is CCc1n[nH]c2c1CN(S(=O)(=O)N1CCN(C)CC1)CC2. The predicted molar refractivity (Wildman–Crippen MR) is 80.1 cm³/mol. The van der Waals surface area contributed by atoms with Crippen LogP contribution < -0.4 is 0 Å². The first kappa shape index (κ1) is 15.0. The number of nitrogens with zero attached hydrogens (tertiary/aromatic N) is 4. The van der Waals surface area contributed by atoms with Crippen molar-refractivity contribution < 1.29 is 8.42 Å². The second kappa shape index (κ2) is 5.68. The lowest BCUT2D eigenvalue weighted by Gasteiger charge is -2.36. The molecule has 1 N–H and O–H groups in total. The maximum absolute atomic E-state index is 12.8. The summed E-state index contributed by atoms with van der Waals surface area (Å²) in [7, 11) is -1.33. The van der Waals surface area contributed by atoms with E-state index < -0.39 is 10.2 Å². The van der Waals surface area contributed by atoms with Gasteiger partial charge in [-0.3, -0.25) is 5.10 Å². The molecule has 0 amide bonds. The van der Waals surface area contributed by atoms with Crippen LogP contribution in [-0.2, 0) is 29.6 Å². The first-order valence-electron chi connectivity index (χ1n) is 7.51. The second-order valence-electron chi connectivity index (χ2n) is 5.77. The van der Waals surface area contributed by atoms with Gasteiger partial charge in [-0.05, 0) is 13.5 Å². The third-order valence-corrected chi connectivity index (χ3v) is 6.42. The molecule has 0 bridgehead atoms. The molecule has 7 nitrogen and oxygen atoms in total. The summed E-state index contributed by atoms with van der Waals surface area (Å²) in [4.78, 5) is 2.16. The number of aromatic nitrogens is 2. The Morgan fingerprint density at radius 3 is 2.52 bits per heavy atom. The average Bonchev–Trinajstić information content (AvgIpc) is 2.89. The number of H-pyrrole nitrogens is 1. The number of fused-ring (bicyclic) bond motifs is 1. The largest absolute Gasteiger partial charge is 0.304 e. The minimum Gasteiger partial charge on any atom is -0.304 e. The van der Waals surface area contributed by atoms with E-state index in [1.54, 1.807) is 8.61 Å². The van der Waals surface area contributed by atoms with E-state index in [2.05, 4.69) is 15.1 Å². The van der Waals surface area contributed by atoms with Crippen LogP contribution in [0.2, 0.25) is 0 Å². The van der Waals surface area contributed by atoms with Crippen LogP contribution >= 0.6 is 0 Å². The first-order valence-corrected chi connectivity index (χ1v) is 8.91. The van der Waals surface area contributed by atoms with E-state index in [0.717, 1.165) is 42.9 Å². The van der Waals surface area contributed by atoms with Gasteiger partial charge in [-0.25, -0.2) is 0 Å². The fourth-order valence-corrected chi connectivity index (χ4v) is 4.57. The Balaban J connectivity index is 1.78. The molecule has 2 aliphatic rings. The minimum atomic E-state index is -3.36. The number of likely N-dealkylation sites (N-methyl/N-ethyl adjacent to an activating group) is 1. The summed E-state index contributed by atoms with van der Waals surface area (Å²) in [5, 5.41) is 7.33. The molecule has 0 atom stereocenters. The number of piperazine rings is 1. The monoisotopic (exact) mass is 313 g/mol. The van der Waals surface area contributed by atoms with Gasteiger partial charge in [-0.1, -0.05) is 6.92 Å². The van der Waals surface area contributed by atoms with Crippen molar-refractivity contribution in [1.29, 1.82) is 0 Å². The van der Waals surface area contributed by atoms with Gasteiger partial charge in [-0.15, -0.1) is 0 Å². The molecule has 3 rings (SSSR count). The molecule has 0 aromatic carbocycles. The highest BCUT2D eigenvalue weighted by Crippen LogP contribution is 2.24. The number of aromatic amines is 1. The standard InChI is InChI=1S/C13H23N5O2S/c1-3-12-11-10-18(5-4-13(11)15-14-12)21(19,20)17-8-6-16(2)7-9-17/h3-10H2,1-2H3,(H,14,15). The zero-order chi connectivity index (χ0) is 15.0. The van der Waals surface area contributed by atoms with Gasteiger partial charge in [0.05, 0.1) is 5.69 Å². The van der Waals surface area contributed by atoms with Gasteiger partial charge in [-0.2, -0.15) is 22.1 Å². The fraction of sp³-hybridized carbons (Fsp3) is 0.769. The summed E-state index contributed by atoms with van der Waals surface area (Å²) in [6, 6.07) is 0. The molecular formula is C13H23N5O2S. The highest BCUT2D eigenvalue weighted by molar-refractivity contribution is 7.86. The molecule has 1 aromatic heterocycles. The Hall–Kier alpha value is -0.960. The van der Waals surface area contributed by atoms with E-state index in [-0.39, 0.29) is 0 Å². The summed E-state index contributed by atoms with van der Waals surface area (Å²) >= 11 is 0. The second-order valence-corrected chi connectivity index (χ2v) is 7.70. The van der Waals surface area contributed by atoms with E-state index in [9.17, 15) is 8.42 Å². The fourth-order valence-electron chi connectivity index (χ4n) is 3.00. The van der Waals surface area contributed by atoms with Gasteiger partial charge in [0.2, 0.25) is 0 Å². The van der Waals surface area contributed by atoms with Crippen LogP contribution in [0.3, 0.4) is 0 Å². The topological polar surface area (TPSA) is 72.5 Å². The molecule has 1 saturated heterocycles. The van der Waals surface area contributed by atoms with Crippen molar-refractivity contribution in [3.63, 3.8) is 0 Å². The molecule has 1 aromatic rings. The van der Waals surface area contributed by atoms with E-state index in [1.165, 1.54) is 0 Å². The molecule has 1 fully saturated rings. The van der Waals surface area contributed by atoms with Crippen molar-refractivity contribution in [2.45, 2.75) is 26.3 Å². The number of rotatable bonds is 3. The van der Waals surface area contributed by atoms with Crippen LogP contribution in [0, 0.1) is 0 Å². The molecule has 0 spiro atoms. The van der Waals surface area contributed by atoms with E-state index in [1.807, 2.05) is 14.0 Å². The van der Waals surface area contributed by atoms with Gasteiger partial charge in [0, 0.05) is 56.9 Å². The molecule has 21 heavy (non-hydrogen) atoms. The Labute approximate surface area is 126 Å². The van der Waals surface area contributed by atoms with Gasteiger partial charge in [0.15, 0.2) is 0 Å². The molecular weight excluding hydrogens is 290 g/mol. The van der Waals surface area contributed by atoms with Crippen molar-refractivity contribution in [3.8, 4) is 0 Å². The highest BCUT2D eigenvalue weighted by atomic mass is 32.2. The van der Waals surface area contributed by atoms with Crippen LogP contribution in [0.25, 0.3) is 0 Å². The number of hydrogen-bond donors (Lipinski definition) is 1. The Kier molecular flexibility index (Phi) is 4.04. The lowest BCUT2D eigenvalue weighted by molar-refractivity contribution is 0.209. The summed E-state index contributed by atoms with van der Waals surface area (Å²) in [6.07, 6.45) is 1.55.